The van der Waals surface area contributed by atoms with Crippen LogP contribution in [0.3, 0.4) is 0 Å². The van der Waals surface area contributed by atoms with Gasteiger partial charge >= 0.3 is 0 Å². The number of hydrogen-bond donors (Lipinski definition) is 1. The quantitative estimate of drug-likeness (QED) is 0.575. The van der Waals surface area contributed by atoms with Gasteiger partial charge in [-0.05, 0) is 36.4 Å². The molecule has 5 heteroatoms. The van der Waals surface area contributed by atoms with Crippen molar-refractivity contribution in [3.05, 3.63) is 72.8 Å². The van der Waals surface area contributed by atoms with Gasteiger partial charge in [0.1, 0.15) is 5.75 Å². The fourth-order valence-electron chi connectivity index (χ4n) is 2.90. The maximum Gasteiger partial charge on any atom is 0.210 e. The average Bonchev–Trinajstić information content (AvgIpc) is 2.57. The summed E-state index contributed by atoms with van der Waals surface area (Å²) in [5.74, 6) is 0.0939. The van der Waals surface area contributed by atoms with Crippen molar-refractivity contribution in [1.82, 2.24) is 0 Å². The predicted octanol–water partition coefficient (Wildman–Crippen LogP) is 4.01. The molecule has 0 atom stereocenters. The molecular formula is C18H13NO3S. The summed E-state index contributed by atoms with van der Waals surface area (Å²) in [6.07, 6.45) is 0. The molecule has 0 amide bonds. The molecule has 1 aliphatic heterocycles. The molecular weight excluding hydrogens is 310 g/mol. The Labute approximate surface area is 134 Å². The van der Waals surface area contributed by atoms with Crippen molar-refractivity contribution in [2.24, 2.45) is 0 Å². The number of para-hydroxylation sites is 4. The van der Waals surface area contributed by atoms with E-state index in [1.54, 1.807) is 71.6 Å². The molecule has 0 radical (unpaired) electrons. The van der Waals surface area contributed by atoms with Crippen LogP contribution < -0.4 is 4.90 Å². The number of rotatable bonds is 1. The molecule has 4 nitrogen and oxygen atoms in total. The summed E-state index contributed by atoms with van der Waals surface area (Å²) in [7, 11) is -3.58. The molecule has 1 heterocycles. The summed E-state index contributed by atoms with van der Waals surface area (Å²) in [6.45, 7) is 0. The van der Waals surface area contributed by atoms with Gasteiger partial charge in [-0.15, -0.1) is 0 Å². The Morgan fingerprint density at radius 3 is 1.61 bits per heavy atom. The normalized spacial score (nSPS) is 14.9. The van der Waals surface area contributed by atoms with Gasteiger partial charge in [-0.3, -0.25) is 0 Å². The van der Waals surface area contributed by atoms with Crippen molar-refractivity contribution < 1.29 is 13.5 Å². The van der Waals surface area contributed by atoms with Crippen LogP contribution in [-0.2, 0) is 9.84 Å². The highest BCUT2D eigenvalue weighted by molar-refractivity contribution is 7.92. The molecule has 1 N–H and O–H groups in total. The standard InChI is InChI=1S/C18H13NO3S/c20-16-10-4-1-7-13(16)19-14-8-2-5-11-17(14)23(21,22)18-12-6-3-9-15(18)19/h1-12,20H. The minimum absolute atomic E-state index is 0.0939. The molecule has 0 unspecified atom stereocenters. The van der Waals surface area contributed by atoms with Gasteiger partial charge in [0.2, 0.25) is 9.84 Å². The maximum atomic E-state index is 12.9. The largest absolute Gasteiger partial charge is 0.506 e. The van der Waals surface area contributed by atoms with Gasteiger partial charge in [-0.25, -0.2) is 8.42 Å². The summed E-state index contributed by atoms with van der Waals surface area (Å²) < 4.78 is 25.7. The first-order chi connectivity index (χ1) is 11.1. The van der Waals surface area contributed by atoms with Crippen molar-refractivity contribution in [2.75, 3.05) is 4.90 Å². The first-order valence-corrected chi connectivity index (χ1v) is 8.60. The Kier molecular flexibility index (Phi) is 2.92. The van der Waals surface area contributed by atoms with Crippen LogP contribution in [0.1, 0.15) is 0 Å². The highest BCUT2D eigenvalue weighted by Crippen LogP contribution is 2.49. The summed E-state index contributed by atoms with van der Waals surface area (Å²) in [4.78, 5) is 2.25. The molecule has 0 aliphatic carbocycles. The number of sulfone groups is 1. The van der Waals surface area contributed by atoms with E-state index >= 15 is 0 Å². The maximum absolute atomic E-state index is 12.9. The molecule has 3 aromatic carbocycles. The van der Waals surface area contributed by atoms with Gasteiger partial charge in [0, 0.05) is 0 Å². The van der Waals surface area contributed by atoms with E-state index < -0.39 is 9.84 Å². The zero-order valence-corrected chi connectivity index (χ0v) is 12.9. The number of anilines is 3. The Bertz CT molecular complexity index is 959. The monoisotopic (exact) mass is 323 g/mol. The zero-order valence-electron chi connectivity index (χ0n) is 12.0. The minimum atomic E-state index is -3.58. The van der Waals surface area contributed by atoms with Gasteiger partial charge in [0.05, 0.1) is 26.9 Å². The van der Waals surface area contributed by atoms with Crippen molar-refractivity contribution in [3.8, 4) is 5.75 Å². The Balaban J connectivity index is 2.11. The number of phenolic OH excluding ortho intramolecular Hbond substituents is 1. The molecule has 0 saturated heterocycles. The number of benzene rings is 3. The van der Waals surface area contributed by atoms with E-state index in [1.807, 2.05) is 6.07 Å². The van der Waals surface area contributed by atoms with Crippen LogP contribution in [0.15, 0.2) is 82.6 Å². The van der Waals surface area contributed by atoms with Crippen LogP contribution in [0.4, 0.5) is 17.1 Å². The number of phenols is 1. The molecule has 3 aromatic rings. The van der Waals surface area contributed by atoms with E-state index in [4.69, 9.17) is 0 Å². The molecule has 0 saturated carbocycles. The van der Waals surface area contributed by atoms with Crippen molar-refractivity contribution in [3.63, 3.8) is 0 Å². The molecule has 114 valence electrons. The number of aromatic hydroxyl groups is 1. The van der Waals surface area contributed by atoms with Crippen molar-refractivity contribution in [1.29, 1.82) is 0 Å². The Morgan fingerprint density at radius 1 is 0.652 bits per heavy atom. The van der Waals surface area contributed by atoms with Gasteiger partial charge < -0.3 is 10.0 Å². The third-order valence-electron chi connectivity index (χ3n) is 3.91. The molecule has 0 spiro atoms. The second-order valence-electron chi connectivity index (χ2n) is 5.26. The summed E-state index contributed by atoms with van der Waals surface area (Å²) >= 11 is 0. The Morgan fingerprint density at radius 2 is 1.09 bits per heavy atom. The number of nitrogens with zero attached hydrogens (tertiary/aromatic N) is 1. The number of hydrogen-bond acceptors (Lipinski definition) is 4. The highest BCUT2D eigenvalue weighted by atomic mass is 32.2. The topological polar surface area (TPSA) is 57.6 Å². The van der Waals surface area contributed by atoms with Gasteiger partial charge in [-0.1, -0.05) is 36.4 Å². The molecule has 0 fully saturated rings. The van der Waals surface area contributed by atoms with E-state index in [1.165, 1.54) is 0 Å². The van der Waals surface area contributed by atoms with E-state index in [9.17, 15) is 13.5 Å². The van der Waals surface area contributed by atoms with Crippen LogP contribution in [0, 0.1) is 0 Å². The fraction of sp³-hybridized carbons (Fsp3) is 0. The predicted molar refractivity (Wildman–Crippen MR) is 88.2 cm³/mol. The van der Waals surface area contributed by atoms with Crippen LogP contribution in [0.2, 0.25) is 0 Å². The molecule has 0 bridgehead atoms. The second kappa shape index (κ2) is 4.86. The van der Waals surface area contributed by atoms with E-state index in [2.05, 4.69) is 0 Å². The summed E-state index contributed by atoms with van der Waals surface area (Å²) in [5.41, 5.74) is 1.61. The lowest BCUT2D eigenvalue weighted by atomic mass is 10.1. The summed E-state index contributed by atoms with van der Waals surface area (Å²) in [5, 5.41) is 10.3. The molecule has 23 heavy (non-hydrogen) atoms. The van der Waals surface area contributed by atoms with Crippen LogP contribution in [0.5, 0.6) is 5.75 Å². The smallest absolute Gasteiger partial charge is 0.210 e. The first-order valence-electron chi connectivity index (χ1n) is 7.12. The minimum Gasteiger partial charge on any atom is -0.506 e. The van der Waals surface area contributed by atoms with E-state index in [-0.39, 0.29) is 15.5 Å². The average molecular weight is 323 g/mol. The third kappa shape index (κ3) is 1.94. The lowest BCUT2D eigenvalue weighted by Crippen LogP contribution is -2.22. The van der Waals surface area contributed by atoms with Gasteiger partial charge in [0.15, 0.2) is 0 Å². The van der Waals surface area contributed by atoms with Gasteiger partial charge in [-0.2, -0.15) is 0 Å². The van der Waals surface area contributed by atoms with Crippen molar-refractivity contribution >= 4 is 26.9 Å². The summed E-state index contributed by atoms with van der Waals surface area (Å²) in [6, 6.07) is 20.5. The third-order valence-corrected chi connectivity index (χ3v) is 5.76. The van der Waals surface area contributed by atoms with E-state index in [0.717, 1.165) is 0 Å². The van der Waals surface area contributed by atoms with E-state index in [0.29, 0.717) is 17.1 Å². The van der Waals surface area contributed by atoms with Crippen LogP contribution >= 0.6 is 0 Å². The number of fused-ring (bicyclic) bond motifs is 2. The lowest BCUT2D eigenvalue weighted by molar-refractivity contribution is 0.476. The fourth-order valence-corrected chi connectivity index (χ4v) is 4.52. The second-order valence-corrected chi connectivity index (χ2v) is 7.15. The van der Waals surface area contributed by atoms with Gasteiger partial charge in [0.25, 0.3) is 0 Å². The van der Waals surface area contributed by atoms with Crippen molar-refractivity contribution in [2.45, 2.75) is 9.79 Å². The highest BCUT2D eigenvalue weighted by Gasteiger charge is 2.34. The Hall–Kier alpha value is -2.79. The molecule has 0 aromatic heterocycles. The van der Waals surface area contributed by atoms with Crippen LogP contribution in [0.25, 0.3) is 0 Å². The SMILES string of the molecule is O=S1(=O)c2ccccc2N(c2ccccc2O)c2ccccc21. The lowest BCUT2D eigenvalue weighted by Gasteiger charge is -2.33. The zero-order chi connectivity index (χ0) is 16.0. The molecule has 1 aliphatic rings. The van der Waals surface area contributed by atoms with Crippen LogP contribution in [-0.4, -0.2) is 13.5 Å². The first kappa shape index (κ1) is 13.8. The molecule has 4 rings (SSSR count).